The summed E-state index contributed by atoms with van der Waals surface area (Å²) in [7, 11) is -4.20. The second-order valence-electron chi connectivity index (χ2n) is 5.27. The molecule has 1 fully saturated rings. The third-order valence-corrected chi connectivity index (χ3v) is 4.64. The maximum atomic E-state index is 13.3. The summed E-state index contributed by atoms with van der Waals surface area (Å²) in [6.45, 7) is 2.24. The molecule has 2 rings (SSSR count). The van der Waals surface area contributed by atoms with Gasteiger partial charge in [0.2, 0.25) is 10.0 Å². The molecule has 0 amide bonds. The number of hydrogen-bond acceptors (Lipinski definition) is 5. The van der Waals surface area contributed by atoms with E-state index in [1.54, 1.807) is 4.90 Å². The molecule has 23 heavy (non-hydrogen) atoms. The molecule has 1 aliphatic heterocycles. The number of aliphatic hydroxyl groups is 1. The number of nitrogens with two attached hydrogens (primary N) is 1. The van der Waals surface area contributed by atoms with Crippen LogP contribution in [0.3, 0.4) is 0 Å². The lowest BCUT2D eigenvalue weighted by atomic mass is 10.1. The zero-order valence-electron chi connectivity index (χ0n) is 12.3. The molecule has 1 aromatic rings. The summed E-state index contributed by atoms with van der Waals surface area (Å²) in [6.07, 6.45) is -4.68. The summed E-state index contributed by atoms with van der Waals surface area (Å²) in [5, 5.41) is 13.8. The molecular formula is C13H18F3N3O3S. The lowest BCUT2D eigenvalue weighted by Gasteiger charge is -2.37. The number of rotatable bonds is 4. The first-order chi connectivity index (χ1) is 10.6. The van der Waals surface area contributed by atoms with Gasteiger partial charge < -0.3 is 10.0 Å². The average Bonchev–Trinajstić information content (AvgIpc) is 2.46. The van der Waals surface area contributed by atoms with Gasteiger partial charge in [0.15, 0.2) is 0 Å². The molecule has 1 aromatic carbocycles. The molecule has 6 nitrogen and oxygen atoms in total. The molecule has 0 atom stereocenters. The second-order valence-corrected chi connectivity index (χ2v) is 6.84. The standard InChI is InChI=1S/C13H18F3N3O3S/c14-13(15,16)11-9-10(23(17,21)22)1-2-12(11)19-5-3-18(4-6-19)7-8-20/h1-2,9,20H,3-8H2,(H2,17,21,22). The van der Waals surface area contributed by atoms with Crippen molar-refractivity contribution in [3.05, 3.63) is 23.8 Å². The molecule has 0 radical (unpaired) electrons. The molecule has 3 N–H and O–H groups in total. The Hall–Kier alpha value is -1.36. The minimum atomic E-state index is -4.68. The highest BCUT2D eigenvalue weighted by Gasteiger charge is 2.36. The van der Waals surface area contributed by atoms with E-state index >= 15 is 0 Å². The van der Waals surface area contributed by atoms with Crippen LogP contribution in [0, 0.1) is 0 Å². The van der Waals surface area contributed by atoms with E-state index in [1.807, 2.05) is 4.90 Å². The molecule has 0 aliphatic carbocycles. The number of benzene rings is 1. The fraction of sp³-hybridized carbons (Fsp3) is 0.538. The highest BCUT2D eigenvalue weighted by atomic mass is 32.2. The molecule has 0 unspecified atom stereocenters. The maximum absolute atomic E-state index is 13.3. The predicted molar refractivity (Wildman–Crippen MR) is 78.6 cm³/mol. The number of nitrogens with zero attached hydrogens (tertiary/aromatic N) is 2. The van der Waals surface area contributed by atoms with E-state index in [1.165, 1.54) is 0 Å². The number of alkyl halides is 3. The van der Waals surface area contributed by atoms with Crippen LogP contribution < -0.4 is 10.0 Å². The Morgan fingerprint density at radius 2 is 1.78 bits per heavy atom. The summed E-state index contributed by atoms with van der Waals surface area (Å²) >= 11 is 0. The SMILES string of the molecule is NS(=O)(=O)c1ccc(N2CCN(CCO)CC2)c(C(F)(F)F)c1. The van der Waals surface area contributed by atoms with Gasteiger partial charge in [0.1, 0.15) is 0 Å². The molecule has 130 valence electrons. The van der Waals surface area contributed by atoms with Gasteiger partial charge in [0.05, 0.1) is 17.1 Å². The van der Waals surface area contributed by atoms with Crippen LogP contribution in [0.1, 0.15) is 5.56 Å². The van der Waals surface area contributed by atoms with E-state index < -0.39 is 26.7 Å². The minimum Gasteiger partial charge on any atom is -0.395 e. The number of piperazine rings is 1. The van der Waals surface area contributed by atoms with Crippen LogP contribution in [0.2, 0.25) is 0 Å². The van der Waals surface area contributed by atoms with Crippen LogP contribution >= 0.6 is 0 Å². The Morgan fingerprint density at radius 1 is 1.17 bits per heavy atom. The first kappa shape index (κ1) is 18.0. The van der Waals surface area contributed by atoms with Crippen LogP contribution in [-0.4, -0.2) is 57.8 Å². The number of primary sulfonamides is 1. The molecule has 1 heterocycles. The van der Waals surface area contributed by atoms with Crippen LogP contribution in [0.4, 0.5) is 18.9 Å². The van der Waals surface area contributed by atoms with Crippen LogP contribution in [0.15, 0.2) is 23.1 Å². The summed E-state index contributed by atoms with van der Waals surface area (Å²) in [6, 6.07) is 2.80. The Morgan fingerprint density at radius 3 is 2.26 bits per heavy atom. The number of hydrogen-bond donors (Lipinski definition) is 2. The van der Waals surface area contributed by atoms with Gasteiger partial charge >= 0.3 is 6.18 Å². The summed E-state index contributed by atoms with van der Waals surface area (Å²) < 4.78 is 62.4. The van der Waals surface area contributed by atoms with Gasteiger partial charge in [0, 0.05) is 38.4 Å². The molecule has 0 spiro atoms. The number of anilines is 1. The number of sulfonamides is 1. The van der Waals surface area contributed by atoms with Gasteiger partial charge in [0.25, 0.3) is 0 Å². The third-order valence-electron chi connectivity index (χ3n) is 3.73. The van der Waals surface area contributed by atoms with E-state index in [9.17, 15) is 21.6 Å². The predicted octanol–water partition coefficient (Wildman–Crippen LogP) is 0.467. The van der Waals surface area contributed by atoms with Gasteiger partial charge in [-0.3, -0.25) is 4.90 Å². The van der Waals surface area contributed by atoms with E-state index in [0.717, 1.165) is 12.1 Å². The maximum Gasteiger partial charge on any atom is 0.418 e. The van der Waals surface area contributed by atoms with Gasteiger partial charge in [-0.2, -0.15) is 13.2 Å². The van der Waals surface area contributed by atoms with E-state index in [2.05, 4.69) is 0 Å². The monoisotopic (exact) mass is 353 g/mol. The molecule has 0 aromatic heterocycles. The van der Waals surface area contributed by atoms with Crippen molar-refractivity contribution >= 4 is 15.7 Å². The highest BCUT2D eigenvalue weighted by Crippen LogP contribution is 2.38. The first-order valence-corrected chi connectivity index (χ1v) is 8.50. The van der Waals surface area contributed by atoms with Gasteiger partial charge in [-0.05, 0) is 18.2 Å². The molecule has 1 saturated heterocycles. The van der Waals surface area contributed by atoms with Crippen molar-refractivity contribution in [2.75, 3.05) is 44.2 Å². The third kappa shape index (κ3) is 4.34. The zero-order chi connectivity index (χ0) is 17.3. The van der Waals surface area contributed by atoms with Crippen molar-refractivity contribution in [1.29, 1.82) is 0 Å². The minimum absolute atomic E-state index is 0.00312. The van der Waals surface area contributed by atoms with Gasteiger partial charge in [-0.15, -0.1) is 0 Å². The first-order valence-electron chi connectivity index (χ1n) is 6.95. The quantitative estimate of drug-likeness (QED) is 0.822. The van der Waals surface area contributed by atoms with Gasteiger partial charge in [-0.25, -0.2) is 13.6 Å². The average molecular weight is 353 g/mol. The Kier molecular flexibility index (Phi) is 5.19. The number of aliphatic hydroxyl groups excluding tert-OH is 1. The smallest absolute Gasteiger partial charge is 0.395 e. The zero-order valence-corrected chi connectivity index (χ0v) is 13.1. The lowest BCUT2D eigenvalue weighted by Crippen LogP contribution is -2.47. The van der Waals surface area contributed by atoms with Crippen molar-refractivity contribution in [2.24, 2.45) is 5.14 Å². The summed E-state index contributed by atoms with van der Waals surface area (Å²) in [5.74, 6) is 0. The van der Waals surface area contributed by atoms with Crippen LogP contribution in [0.25, 0.3) is 0 Å². The van der Waals surface area contributed by atoms with Crippen molar-refractivity contribution in [2.45, 2.75) is 11.1 Å². The largest absolute Gasteiger partial charge is 0.418 e. The normalized spacial score (nSPS) is 17.5. The molecule has 0 saturated carbocycles. The number of β-amino-alcohol motifs (C(OH)–C–C–N with tert-alkyl or cyclic N) is 1. The molecule has 1 aliphatic rings. The fourth-order valence-electron chi connectivity index (χ4n) is 2.55. The summed E-state index contributed by atoms with van der Waals surface area (Å²) in [4.78, 5) is 2.94. The van der Waals surface area contributed by atoms with E-state index in [4.69, 9.17) is 10.2 Å². The van der Waals surface area contributed by atoms with E-state index in [-0.39, 0.29) is 12.3 Å². The van der Waals surface area contributed by atoms with Crippen molar-refractivity contribution in [1.82, 2.24) is 4.90 Å². The van der Waals surface area contributed by atoms with Crippen molar-refractivity contribution in [3.63, 3.8) is 0 Å². The fourth-order valence-corrected chi connectivity index (χ4v) is 3.09. The van der Waals surface area contributed by atoms with Crippen molar-refractivity contribution < 1.29 is 26.7 Å². The van der Waals surface area contributed by atoms with E-state index in [0.29, 0.717) is 38.8 Å². The Bertz CT molecular complexity index is 656. The molecule has 10 heteroatoms. The molecular weight excluding hydrogens is 335 g/mol. The highest BCUT2D eigenvalue weighted by molar-refractivity contribution is 7.89. The lowest BCUT2D eigenvalue weighted by molar-refractivity contribution is -0.137. The summed E-state index contributed by atoms with van der Waals surface area (Å²) in [5.41, 5.74) is -1.08. The topological polar surface area (TPSA) is 86.9 Å². The van der Waals surface area contributed by atoms with Crippen LogP contribution in [-0.2, 0) is 16.2 Å². The number of halogens is 3. The Labute approximate surface area is 132 Å². The van der Waals surface area contributed by atoms with Crippen LogP contribution in [0.5, 0.6) is 0 Å². The second kappa shape index (κ2) is 6.63. The van der Waals surface area contributed by atoms with Crippen molar-refractivity contribution in [3.8, 4) is 0 Å². The Balaban J connectivity index is 2.32. The molecule has 0 bridgehead atoms. The van der Waals surface area contributed by atoms with Gasteiger partial charge in [-0.1, -0.05) is 0 Å².